The monoisotopic (exact) mass is 611 g/mol. The third-order valence-electron chi connectivity index (χ3n) is 9.81. The molecule has 1 unspecified atom stereocenters. The Balaban J connectivity index is 0.000000201. The molecule has 0 aliphatic carbocycles. The van der Waals surface area contributed by atoms with E-state index in [-0.39, 0.29) is 17.7 Å². The van der Waals surface area contributed by atoms with Crippen molar-refractivity contribution < 1.29 is 14.4 Å². The Labute approximate surface area is 268 Å². The van der Waals surface area contributed by atoms with E-state index in [9.17, 15) is 14.4 Å². The van der Waals surface area contributed by atoms with Crippen LogP contribution in [0.5, 0.6) is 0 Å². The fraction of sp³-hybridized carbons (Fsp3) is 0.694. The lowest BCUT2D eigenvalue weighted by Crippen LogP contribution is -2.27. The van der Waals surface area contributed by atoms with Crippen LogP contribution in [0.15, 0.2) is 42.5 Å². The fourth-order valence-electron chi connectivity index (χ4n) is 5.80. The van der Waals surface area contributed by atoms with Crippen LogP contribution < -0.4 is 5.32 Å². The zero-order chi connectivity index (χ0) is 32.8. The summed E-state index contributed by atoms with van der Waals surface area (Å²) in [4.78, 5) is 41.0. The average Bonchev–Trinajstić information content (AvgIpc) is 3.82. The number of likely N-dealkylation sites (tertiary alicyclic amines) is 3. The van der Waals surface area contributed by atoms with E-state index in [4.69, 9.17) is 0 Å². The number of nitrogens with one attached hydrogen (secondary N) is 1. The van der Waals surface area contributed by atoms with Gasteiger partial charge in [0, 0.05) is 69.8 Å². The summed E-state index contributed by atoms with van der Waals surface area (Å²) in [7, 11) is 7.75. The summed E-state index contributed by atoms with van der Waals surface area (Å²) in [5.41, 5.74) is 1.26. The first-order valence-electron chi connectivity index (χ1n) is 16.8. The molecule has 44 heavy (non-hydrogen) atoms. The molecule has 0 radical (unpaired) electrons. The number of carbonyl (C=O) groups is 3. The van der Waals surface area contributed by atoms with E-state index < -0.39 is 0 Å². The Morgan fingerprint density at radius 1 is 0.773 bits per heavy atom. The Bertz CT molecular complexity index is 1030. The molecule has 1 aromatic carbocycles. The maximum atomic E-state index is 11.8. The molecular formula is C36H61N5O3. The van der Waals surface area contributed by atoms with Crippen LogP contribution >= 0.6 is 0 Å². The Morgan fingerprint density at radius 2 is 1.45 bits per heavy atom. The van der Waals surface area contributed by atoms with Crippen molar-refractivity contribution in [2.75, 3.05) is 41.3 Å². The summed E-state index contributed by atoms with van der Waals surface area (Å²) in [5, 5.41) is 3.32. The van der Waals surface area contributed by atoms with Gasteiger partial charge in [-0.3, -0.25) is 14.4 Å². The van der Waals surface area contributed by atoms with Gasteiger partial charge in [0.15, 0.2) is 0 Å². The topological polar surface area (TPSA) is 76.2 Å². The van der Waals surface area contributed by atoms with Crippen molar-refractivity contribution in [2.45, 2.75) is 116 Å². The van der Waals surface area contributed by atoms with Gasteiger partial charge in [-0.15, -0.1) is 0 Å². The van der Waals surface area contributed by atoms with E-state index in [1.54, 1.807) is 22.9 Å². The average molecular weight is 612 g/mol. The molecule has 3 amide bonds. The molecule has 248 valence electrons. The molecule has 6 rings (SSSR count). The molecule has 5 aliphatic heterocycles. The summed E-state index contributed by atoms with van der Waals surface area (Å²) in [5.74, 6) is 0.883. The van der Waals surface area contributed by atoms with Crippen LogP contribution in [0.1, 0.15) is 85.1 Å². The lowest BCUT2D eigenvalue weighted by atomic mass is 9.97. The first-order chi connectivity index (χ1) is 20.8. The highest BCUT2D eigenvalue weighted by Gasteiger charge is 2.34. The van der Waals surface area contributed by atoms with Crippen molar-refractivity contribution in [1.29, 1.82) is 0 Å². The van der Waals surface area contributed by atoms with Crippen molar-refractivity contribution in [3.8, 4) is 0 Å². The van der Waals surface area contributed by atoms with Crippen molar-refractivity contribution >= 4 is 17.7 Å². The van der Waals surface area contributed by atoms with Gasteiger partial charge in [0.2, 0.25) is 17.7 Å². The molecule has 8 heteroatoms. The maximum absolute atomic E-state index is 11.8. The number of hydrogen-bond donors (Lipinski definition) is 1. The molecule has 4 saturated heterocycles. The molecule has 1 aromatic rings. The van der Waals surface area contributed by atoms with E-state index in [0.29, 0.717) is 24.0 Å². The van der Waals surface area contributed by atoms with Crippen molar-refractivity contribution in [3.63, 3.8) is 0 Å². The molecule has 4 fully saturated rings. The minimum absolute atomic E-state index is 0.109. The standard InChI is InChI=1S/C13H17NO.C6H11NO.C6H9NO.C6H13N.C5H11N/c1-10-8-12(13(15)14(10)2)9-11-6-4-3-5-7-11;2*1-5-3-4-6(8)7(5)2;1-6-4-3-5-7(6)2;1-5-3-2-4-6-5/h3-7,10,12H,8-9H2,1-2H3;5H,3-4H2,1-2H3;3-5H,1-2H3;6H,3-5H2,1-2H3;5-6H,2-4H2,1H3/t10-,12?;2*5-;6-;5-/m00000/s1. The highest BCUT2D eigenvalue weighted by molar-refractivity contribution is 5.90. The second kappa shape index (κ2) is 18.9. The van der Waals surface area contributed by atoms with Crippen LogP contribution in [-0.4, -0.2) is 109 Å². The number of rotatable bonds is 2. The van der Waals surface area contributed by atoms with Crippen LogP contribution in [0.4, 0.5) is 0 Å². The van der Waals surface area contributed by atoms with Gasteiger partial charge < -0.3 is 24.9 Å². The third kappa shape index (κ3) is 12.4. The van der Waals surface area contributed by atoms with Gasteiger partial charge in [0.25, 0.3) is 0 Å². The summed E-state index contributed by atoms with van der Waals surface area (Å²) < 4.78 is 0. The first-order valence-corrected chi connectivity index (χ1v) is 16.8. The minimum Gasteiger partial charge on any atom is -0.343 e. The van der Waals surface area contributed by atoms with Crippen LogP contribution in [0.2, 0.25) is 0 Å². The van der Waals surface area contributed by atoms with Gasteiger partial charge in [0.1, 0.15) is 0 Å². The Kier molecular flexibility index (Phi) is 16.1. The number of benzene rings is 1. The number of carbonyl (C=O) groups excluding carboxylic acids is 3. The van der Waals surface area contributed by atoms with Gasteiger partial charge in [-0.2, -0.15) is 0 Å². The SMILES string of the molecule is C[C@H]1C=CC(=O)N1C.C[C@H]1CC(Cc2ccccc2)C(=O)N1C.C[C@H]1CCC(=O)N1C.C[C@H]1CCCN1.C[C@H]1CCCN1C. The molecule has 0 aromatic heterocycles. The Morgan fingerprint density at radius 3 is 1.73 bits per heavy atom. The highest BCUT2D eigenvalue weighted by Crippen LogP contribution is 2.26. The normalized spacial score (nSPS) is 29.4. The van der Waals surface area contributed by atoms with E-state index in [1.165, 1.54) is 44.3 Å². The van der Waals surface area contributed by atoms with E-state index in [1.807, 2.05) is 50.2 Å². The van der Waals surface area contributed by atoms with E-state index in [2.05, 4.69) is 57.1 Å². The van der Waals surface area contributed by atoms with Crippen LogP contribution in [-0.2, 0) is 20.8 Å². The largest absolute Gasteiger partial charge is 0.343 e. The van der Waals surface area contributed by atoms with Gasteiger partial charge >= 0.3 is 0 Å². The van der Waals surface area contributed by atoms with Crippen LogP contribution in [0, 0.1) is 5.92 Å². The van der Waals surface area contributed by atoms with Crippen molar-refractivity contribution in [2.24, 2.45) is 5.92 Å². The molecule has 1 N–H and O–H groups in total. The summed E-state index contributed by atoms with van der Waals surface area (Å²) in [6, 6.07) is 13.1. The molecule has 5 heterocycles. The molecule has 0 saturated carbocycles. The lowest BCUT2D eigenvalue weighted by molar-refractivity contribution is -0.130. The number of amides is 3. The second-order valence-electron chi connectivity index (χ2n) is 13.3. The minimum atomic E-state index is 0.109. The second-order valence-corrected chi connectivity index (χ2v) is 13.3. The third-order valence-corrected chi connectivity index (χ3v) is 9.81. The fourth-order valence-corrected chi connectivity index (χ4v) is 5.80. The first kappa shape index (κ1) is 37.5. The zero-order valence-corrected chi connectivity index (χ0v) is 29.1. The number of likely N-dealkylation sites (N-methyl/N-ethyl adjacent to an activating group) is 1. The summed E-state index contributed by atoms with van der Waals surface area (Å²) in [6.07, 6.45) is 12.7. The number of nitrogens with zero attached hydrogens (tertiary/aromatic N) is 4. The quantitative estimate of drug-likeness (QED) is 0.511. The molecule has 6 atom stereocenters. The van der Waals surface area contributed by atoms with Crippen LogP contribution in [0.25, 0.3) is 0 Å². The van der Waals surface area contributed by atoms with Gasteiger partial charge in [-0.05, 0) is 105 Å². The molecule has 8 nitrogen and oxygen atoms in total. The molecule has 0 spiro atoms. The van der Waals surface area contributed by atoms with Crippen LogP contribution in [0.3, 0.4) is 0 Å². The van der Waals surface area contributed by atoms with Gasteiger partial charge in [-0.1, -0.05) is 36.4 Å². The Hall–Kier alpha value is -2.71. The molecule has 0 bridgehead atoms. The highest BCUT2D eigenvalue weighted by atomic mass is 16.2. The maximum Gasteiger partial charge on any atom is 0.246 e. The lowest BCUT2D eigenvalue weighted by Gasteiger charge is -2.14. The predicted molar refractivity (Wildman–Crippen MR) is 181 cm³/mol. The van der Waals surface area contributed by atoms with E-state index >= 15 is 0 Å². The smallest absolute Gasteiger partial charge is 0.246 e. The molecular weight excluding hydrogens is 550 g/mol. The van der Waals surface area contributed by atoms with Gasteiger partial charge in [0.05, 0.1) is 0 Å². The predicted octanol–water partition coefficient (Wildman–Crippen LogP) is 4.98. The zero-order valence-electron chi connectivity index (χ0n) is 29.1. The summed E-state index contributed by atoms with van der Waals surface area (Å²) >= 11 is 0. The van der Waals surface area contributed by atoms with Crippen molar-refractivity contribution in [3.05, 3.63) is 48.0 Å². The molecule has 5 aliphatic rings. The van der Waals surface area contributed by atoms with Crippen molar-refractivity contribution in [1.82, 2.24) is 24.9 Å². The van der Waals surface area contributed by atoms with E-state index in [0.717, 1.165) is 37.8 Å². The van der Waals surface area contributed by atoms with Gasteiger partial charge in [-0.25, -0.2) is 0 Å². The number of hydrogen-bond acceptors (Lipinski definition) is 5. The summed E-state index contributed by atoms with van der Waals surface area (Å²) in [6.45, 7) is 13.2.